The Kier molecular flexibility index (Phi) is 6.47. The van der Waals surface area contributed by atoms with Gasteiger partial charge in [0.15, 0.2) is 0 Å². The van der Waals surface area contributed by atoms with Crippen LogP contribution in [0.4, 0.5) is 0 Å². The van der Waals surface area contributed by atoms with E-state index in [2.05, 4.69) is 35.2 Å². The molecule has 1 saturated heterocycles. The molecule has 0 aromatic carbocycles. The summed E-state index contributed by atoms with van der Waals surface area (Å²) in [6, 6.07) is 3.08. The first-order valence-electron chi connectivity index (χ1n) is 8.71. The van der Waals surface area contributed by atoms with E-state index in [-0.39, 0.29) is 5.54 Å². The Morgan fingerprint density at radius 3 is 2.57 bits per heavy atom. The highest BCUT2D eigenvalue weighted by Gasteiger charge is 2.31. The number of nitrogens with one attached hydrogen (secondary N) is 1. The zero-order valence-electron chi connectivity index (χ0n) is 13.9. The fraction of sp³-hybridized carbons (Fsp3) is 0.941. The maximum absolute atomic E-state index is 9.35. The van der Waals surface area contributed by atoms with Crippen LogP contribution in [-0.4, -0.2) is 61.2 Å². The normalized spacial score (nSPS) is 22.4. The minimum Gasteiger partial charge on any atom is -0.305 e. The third-order valence-corrected chi connectivity index (χ3v) is 4.81. The van der Waals surface area contributed by atoms with Crippen LogP contribution in [-0.2, 0) is 0 Å². The van der Waals surface area contributed by atoms with Gasteiger partial charge >= 0.3 is 0 Å². The summed E-state index contributed by atoms with van der Waals surface area (Å²) < 4.78 is 0. The predicted octanol–water partition coefficient (Wildman–Crippen LogP) is 2.22. The molecule has 0 bridgehead atoms. The lowest BCUT2D eigenvalue weighted by Crippen LogP contribution is -2.42. The Labute approximate surface area is 130 Å². The minimum absolute atomic E-state index is 0.310. The lowest BCUT2D eigenvalue weighted by Gasteiger charge is -2.24. The molecular formula is C17H32N4. The number of nitriles is 1. The van der Waals surface area contributed by atoms with Gasteiger partial charge in [-0.2, -0.15) is 5.26 Å². The fourth-order valence-corrected chi connectivity index (χ4v) is 3.13. The van der Waals surface area contributed by atoms with Crippen molar-refractivity contribution >= 4 is 0 Å². The van der Waals surface area contributed by atoms with Crippen molar-refractivity contribution in [1.29, 1.82) is 5.26 Å². The second-order valence-corrected chi connectivity index (χ2v) is 7.17. The Morgan fingerprint density at radius 2 is 1.95 bits per heavy atom. The van der Waals surface area contributed by atoms with Gasteiger partial charge in [-0.1, -0.05) is 0 Å². The largest absolute Gasteiger partial charge is 0.305 e. The lowest BCUT2D eigenvalue weighted by molar-refractivity contribution is 0.251. The Morgan fingerprint density at radius 1 is 1.24 bits per heavy atom. The van der Waals surface area contributed by atoms with Crippen molar-refractivity contribution in [3.8, 4) is 6.07 Å². The molecule has 0 spiro atoms. The topological polar surface area (TPSA) is 42.3 Å². The molecule has 1 aliphatic heterocycles. The maximum atomic E-state index is 9.35. The molecule has 2 aliphatic rings. The van der Waals surface area contributed by atoms with Gasteiger partial charge in [-0.3, -0.25) is 5.32 Å². The summed E-state index contributed by atoms with van der Waals surface area (Å²) in [5.74, 6) is 0. The first-order valence-corrected chi connectivity index (χ1v) is 8.71. The molecule has 2 fully saturated rings. The standard InChI is InChI=1S/C17H32N4/c1-17(15-18,19-16-7-8-16)9-3-4-10-20(2)13-14-21-11-5-6-12-21/h16,19H,3-14H2,1-2H3. The smallest absolute Gasteiger partial charge is 0.104 e. The summed E-state index contributed by atoms with van der Waals surface area (Å²) in [6.07, 6.45) is 8.56. The number of likely N-dealkylation sites (N-methyl/N-ethyl adjacent to an activating group) is 1. The number of hydrogen-bond acceptors (Lipinski definition) is 4. The number of rotatable bonds is 10. The van der Waals surface area contributed by atoms with Gasteiger partial charge in [0.1, 0.15) is 5.54 Å². The van der Waals surface area contributed by atoms with E-state index in [1.807, 2.05) is 0 Å². The van der Waals surface area contributed by atoms with E-state index in [4.69, 9.17) is 0 Å². The van der Waals surface area contributed by atoms with E-state index in [9.17, 15) is 5.26 Å². The van der Waals surface area contributed by atoms with E-state index in [1.54, 1.807) is 0 Å². The van der Waals surface area contributed by atoms with Crippen molar-refractivity contribution in [2.75, 3.05) is 39.8 Å². The van der Waals surface area contributed by atoms with Crippen LogP contribution in [0.5, 0.6) is 0 Å². The van der Waals surface area contributed by atoms with Gasteiger partial charge < -0.3 is 9.80 Å². The number of unbranched alkanes of at least 4 members (excludes halogenated alkanes) is 1. The van der Waals surface area contributed by atoms with E-state index in [0.717, 1.165) is 19.4 Å². The summed E-state index contributed by atoms with van der Waals surface area (Å²) in [5, 5.41) is 12.8. The second-order valence-electron chi connectivity index (χ2n) is 7.17. The first kappa shape index (κ1) is 16.7. The Hall–Kier alpha value is -0.630. The number of nitrogens with zero attached hydrogens (tertiary/aromatic N) is 3. The van der Waals surface area contributed by atoms with Crippen LogP contribution in [0.2, 0.25) is 0 Å². The average molecular weight is 292 g/mol. The quantitative estimate of drug-likeness (QED) is 0.627. The molecule has 0 radical (unpaired) electrons. The molecule has 0 amide bonds. The van der Waals surface area contributed by atoms with Crippen LogP contribution in [0.15, 0.2) is 0 Å². The summed E-state index contributed by atoms with van der Waals surface area (Å²) in [5.41, 5.74) is -0.310. The summed E-state index contributed by atoms with van der Waals surface area (Å²) in [6.45, 7) is 8.19. The summed E-state index contributed by atoms with van der Waals surface area (Å²) in [4.78, 5) is 5.01. The SMILES string of the molecule is CN(CCCCC(C)(C#N)NC1CC1)CCN1CCCC1. The lowest BCUT2D eigenvalue weighted by atomic mass is 9.96. The van der Waals surface area contributed by atoms with Gasteiger partial charge in [-0.05, 0) is 78.6 Å². The van der Waals surface area contributed by atoms with E-state index in [0.29, 0.717) is 6.04 Å². The molecule has 120 valence electrons. The number of hydrogen-bond donors (Lipinski definition) is 1. The molecule has 4 heteroatoms. The van der Waals surface area contributed by atoms with Crippen LogP contribution in [0.1, 0.15) is 51.9 Å². The molecule has 1 unspecified atom stereocenters. The van der Waals surface area contributed by atoms with Crippen molar-refractivity contribution in [2.45, 2.75) is 63.5 Å². The van der Waals surface area contributed by atoms with Crippen LogP contribution < -0.4 is 5.32 Å². The molecular weight excluding hydrogens is 260 g/mol. The van der Waals surface area contributed by atoms with E-state index in [1.165, 1.54) is 58.3 Å². The van der Waals surface area contributed by atoms with Crippen LogP contribution in [0.25, 0.3) is 0 Å². The second kappa shape index (κ2) is 8.12. The molecule has 4 nitrogen and oxygen atoms in total. The van der Waals surface area contributed by atoms with Gasteiger partial charge in [-0.15, -0.1) is 0 Å². The highest BCUT2D eigenvalue weighted by atomic mass is 15.2. The van der Waals surface area contributed by atoms with Gasteiger partial charge in [0, 0.05) is 19.1 Å². The Balaban J connectivity index is 1.52. The van der Waals surface area contributed by atoms with E-state index < -0.39 is 0 Å². The predicted molar refractivity (Wildman–Crippen MR) is 87.2 cm³/mol. The molecule has 2 rings (SSSR count). The third-order valence-electron chi connectivity index (χ3n) is 4.81. The fourth-order valence-electron chi connectivity index (χ4n) is 3.13. The average Bonchev–Trinajstić information content (AvgIpc) is 3.12. The van der Waals surface area contributed by atoms with Gasteiger partial charge in [0.2, 0.25) is 0 Å². The van der Waals surface area contributed by atoms with Crippen molar-refractivity contribution in [3.05, 3.63) is 0 Å². The van der Waals surface area contributed by atoms with Crippen molar-refractivity contribution in [1.82, 2.24) is 15.1 Å². The molecule has 1 heterocycles. The van der Waals surface area contributed by atoms with E-state index >= 15 is 0 Å². The summed E-state index contributed by atoms with van der Waals surface area (Å²) in [7, 11) is 2.22. The zero-order chi connectivity index (χ0) is 15.1. The zero-order valence-corrected chi connectivity index (χ0v) is 13.9. The maximum Gasteiger partial charge on any atom is 0.104 e. The molecule has 0 aromatic rings. The molecule has 21 heavy (non-hydrogen) atoms. The van der Waals surface area contributed by atoms with Crippen LogP contribution in [0, 0.1) is 11.3 Å². The molecule has 0 aromatic heterocycles. The van der Waals surface area contributed by atoms with Gasteiger partial charge in [0.25, 0.3) is 0 Å². The van der Waals surface area contributed by atoms with Crippen molar-refractivity contribution in [2.24, 2.45) is 0 Å². The van der Waals surface area contributed by atoms with Crippen molar-refractivity contribution in [3.63, 3.8) is 0 Å². The number of likely N-dealkylation sites (tertiary alicyclic amines) is 1. The molecule has 1 aliphatic carbocycles. The Bertz CT molecular complexity index is 341. The van der Waals surface area contributed by atoms with Gasteiger partial charge in [-0.25, -0.2) is 0 Å². The molecule has 1 saturated carbocycles. The highest BCUT2D eigenvalue weighted by molar-refractivity contribution is 5.06. The molecule has 1 N–H and O–H groups in total. The monoisotopic (exact) mass is 292 g/mol. The first-order chi connectivity index (χ1) is 10.1. The minimum atomic E-state index is -0.310. The van der Waals surface area contributed by atoms with Crippen LogP contribution in [0.3, 0.4) is 0 Å². The summed E-state index contributed by atoms with van der Waals surface area (Å²) >= 11 is 0. The highest BCUT2D eigenvalue weighted by Crippen LogP contribution is 2.24. The van der Waals surface area contributed by atoms with Crippen LogP contribution >= 0.6 is 0 Å². The third kappa shape index (κ3) is 6.34. The molecule has 1 atom stereocenters. The van der Waals surface area contributed by atoms with Crippen molar-refractivity contribution < 1.29 is 0 Å². The van der Waals surface area contributed by atoms with Gasteiger partial charge in [0.05, 0.1) is 6.07 Å².